The first-order chi connectivity index (χ1) is 11.5. The van der Waals surface area contributed by atoms with Gasteiger partial charge in [0.1, 0.15) is 6.33 Å². The van der Waals surface area contributed by atoms with E-state index in [2.05, 4.69) is 58.6 Å². The molecule has 1 fully saturated rings. The summed E-state index contributed by atoms with van der Waals surface area (Å²) in [4.78, 5) is 15.9. The first kappa shape index (κ1) is 16.6. The summed E-state index contributed by atoms with van der Waals surface area (Å²) in [6.07, 6.45) is 4.09. The lowest BCUT2D eigenvalue weighted by Crippen LogP contribution is -2.45. The van der Waals surface area contributed by atoms with Crippen molar-refractivity contribution in [2.75, 3.05) is 13.2 Å². The van der Waals surface area contributed by atoms with E-state index >= 15 is 0 Å². The molecule has 0 bridgehead atoms. The summed E-state index contributed by atoms with van der Waals surface area (Å²) in [6, 6.07) is 10.5. The Bertz CT molecular complexity index is 670. The van der Waals surface area contributed by atoms with Crippen molar-refractivity contribution in [1.82, 2.24) is 20.5 Å². The summed E-state index contributed by atoms with van der Waals surface area (Å²) < 4.78 is 5.92. The molecule has 0 unspecified atom stereocenters. The lowest BCUT2D eigenvalue weighted by Gasteiger charge is -2.45. The normalized spacial score (nSPS) is 22.9. The number of benzene rings is 1. The Morgan fingerprint density at radius 1 is 1.33 bits per heavy atom. The number of aromatic nitrogens is 3. The number of carbonyl (C=O) groups is 1. The molecule has 2 aromatic rings. The van der Waals surface area contributed by atoms with Gasteiger partial charge in [0.2, 0.25) is 5.82 Å². The van der Waals surface area contributed by atoms with Crippen LogP contribution in [0, 0.1) is 0 Å². The van der Waals surface area contributed by atoms with Gasteiger partial charge in [0, 0.05) is 18.6 Å². The number of aromatic amines is 1. The van der Waals surface area contributed by atoms with Crippen LogP contribution in [0.1, 0.15) is 49.3 Å². The van der Waals surface area contributed by atoms with E-state index in [0.29, 0.717) is 6.54 Å². The molecule has 1 aromatic heterocycles. The van der Waals surface area contributed by atoms with E-state index in [0.717, 1.165) is 25.9 Å². The summed E-state index contributed by atoms with van der Waals surface area (Å²) in [5.74, 6) is 0.0260. The molecule has 6 nitrogen and oxygen atoms in total. The molecule has 2 N–H and O–H groups in total. The maximum absolute atomic E-state index is 12.0. The molecule has 1 atom stereocenters. The molecule has 6 heteroatoms. The number of amides is 1. The number of ether oxygens (including phenoxy) is 1. The first-order valence-corrected chi connectivity index (χ1v) is 8.34. The van der Waals surface area contributed by atoms with E-state index in [1.807, 2.05) is 6.07 Å². The maximum Gasteiger partial charge on any atom is 0.288 e. The first-order valence-electron chi connectivity index (χ1n) is 8.34. The van der Waals surface area contributed by atoms with Crippen LogP contribution in [0.15, 0.2) is 36.7 Å². The van der Waals surface area contributed by atoms with Gasteiger partial charge < -0.3 is 10.1 Å². The largest absolute Gasteiger partial charge is 0.376 e. The van der Waals surface area contributed by atoms with Crippen LogP contribution in [-0.2, 0) is 10.2 Å². The molecule has 1 aromatic carbocycles. The molecule has 2 heterocycles. The lowest BCUT2D eigenvalue weighted by atomic mass is 9.67. The van der Waals surface area contributed by atoms with Crippen LogP contribution in [0.5, 0.6) is 0 Å². The fourth-order valence-electron chi connectivity index (χ4n) is 3.69. The number of carbonyl (C=O) groups excluding carboxylic acids is 1. The molecular weight excluding hydrogens is 304 g/mol. The van der Waals surface area contributed by atoms with Gasteiger partial charge in [0.25, 0.3) is 5.91 Å². The summed E-state index contributed by atoms with van der Waals surface area (Å²) in [5, 5.41) is 9.24. The topological polar surface area (TPSA) is 79.9 Å². The number of hydrogen-bond donors (Lipinski definition) is 2. The predicted molar refractivity (Wildman–Crippen MR) is 90.7 cm³/mol. The molecule has 0 aliphatic carbocycles. The van der Waals surface area contributed by atoms with Gasteiger partial charge in [-0.3, -0.25) is 9.89 Å². The highest BCUT2D eigenvalue weighted by Crippen LogP contribution is 2.43. The minimum Gasteiger partial charge on any atom is -0.376 e. The molecular formula is C18H24N4O2. The minimum atomic E-state index is -0.220. The third kappa shape index (κ3) is 3.64. The van der Waals surface area contributed by atoms with Crippen molar-refractivity contribution in [3.05, 3.63) is 48.0 Å². The Morgan fingerprint density at radius 2 is 2.12 bits per heavy atom. The van der Waals surface area contributed by atoms with Gasteiger partial charge in [0.05, 0.1) is 5.60 Å². The SMILES string of the molecule is CC1(C)C[C@](CCNC(=O)c2ncn[nH]2)(c2ccccc2)CCO1. The zero-order chi connectivity index (χ0) is 17.0. The summed E-state index contributed by atoms with van der Waals surface area (Å²) >= 11 is 0. The second kappa shape index (κ2) is 6.73. The molecule has 128 valence electrons. The summed E-state index contributed by atoms with van der Waals surface area (Å²) in [6.45, 7) is 5.59. The van der Waals surface area contributed by atoms with E-state index in [1.165, 1.54) is 11.9 Å². The van der Waals surface area contributed by atoms with Gasteiger partial charge in [-0.25, -0.2) is 4.98 Å². The van der Waals surface area contributed by atoms with Crippen LogP contribution < -0.4 is 5.32 Å². The van der Waals surface area contributed by atoms with Gasteiger partial charge in [0.15, 0.2) is 0 Å². The molecule has 1 amide bonds. The van der Waals surface area contributed by atoms with Gasteiger partial charge >= 0.3 is 0 Å². The molecule has 1 saturated heterocycles. The van der Waals surface area contributed by atoms with Crippen LogP contribution in [0.4, 0.5) is 0 Å². The molecule has 24 heavy (non-hydrogen) atoms. The molecule has 0 spiro atoms. The Hall–Kier alpha value is -2.21. The van der Waals surface area contributed by atoms with Gasteiger partial charge in [-0.1, -0.05) is 30.3 Å². The minimum absolute atomic E-state index is 0.0116. The van der Waals surface area contributed by atoms with Crippen LogP contribution in [-0.4, -0.2) is 39.8 Å². The van der Waals surface area contributed by atoms with E-state index in [9.17, 15) is 4.79 Å². The zero-order valence-corrected chi connectivity index (χ0v) is 14.2. The standard InChI is InChI=1S/C18H24N4O2/c1-17(2)12-18(9-11-24-17,14-6-4-3-5-7-14)8-10-19-16(23)15-20-13-21-22-15/h3-7,13H,8-12H2,1-2H3,(H,19,23)(H,20,21,22)/t18-/m1/s1. The Morgan fingerprint density at radius 3 is 2.79 bits per heavy atom. The van der Waals surface area contributed by atoms with Crippen LogP contribution >= 0.6 is 0 Å². The van der Waals surface area contributed by atoms with Gasteiger partial charge in [-0.05, 0) is 38.7 Å². The quantitative estimate of drug-likeness (QED) is 0.883. The number of H-pyrrole nitrogens is 1. The van der Waals surface area contributed by atoms with Crippen molar-refractivity contribution in [2.45, 2.75) is 44.1 Å². The van der Waals surface area contributed by atoms with Crippen molar-refractivity contribution < 1.29 is 9.53 Å². The monoisotopic (exact) mass is 328 g/mol. The lowest BCUT2D eigenvalue weighted by molar-refractivity contribution is -0.0838. The summed E-state index contributed by atoms with van der Waals surface area (Å²) in [5.41, 5.74) is 1.16. The third-order valence-corrected chi connectivity index (χ3v) is 4.74. The van der Waals surface area contributed by atoms with Crippen molar-refractivity contribution in [1.29, 1.82) is 0 Å². The van der Waals surface area contributed by atoms with Crippen molar-refractivity contribution in [2.24, 2.45) is 0 Å². The summed E-state index contributed by atoms with van der Waals surface area (Å²) in [7, 11) is 0. The zero-order valence-electron chi connectivity index (χ0n) is 14.2. The maximum atomic E-state index is 12.0. The molecule has 0 saturated carbocycles. The molecule has 3 rings (SSSR count). The highest BCUT2D eigenvalue weighted by molar-refractivity contribution is 5.90. The fraction of sp³-hybridized carbons (Fsp3) is 0.500. The Kier molecular flexibility index (Phi) is 4.66. The van der Waals surface area contributed by atoms with Gasteiger partial charge in [-0.15, -0.1) is 0 Å². The van der Waals surface area contributed by atoms with E-state index in [4.69, 9.17) is 4.74 Å². The smallest absolute Gasteiger partial charge is 0.288 e. The fourth-order valence-corrected chi connectivity index (χ4v) is 3.69. The van der Waals surface area contributed by atoms with E-state index < -0.39 is 0 Å². The second-order valence-corrected chi connectivity index (χ2v) is 7.02. The third-order valence-electron chi connectivity index (χ3n) is 4.74. The average Bonchev–Trinajstić information content (AvgIpc) is 3.09. The number of nitrogens with one attached hydrogen (secondary N) is 2. The van der Waals surface area contributed by atoms with Crippen molar-refractivity contribution in [3.63, 3.8) is 0 Å². The highest BCUT2D eigenvalue weighted by Gasteiger charge is 2.41. The average molecular weight is 328 g/mol. The number of nitrogens with zero attached hydrogens (tertiary/aromatic N) is 2. The number of rotatable bonds is 5. The number of hydrogen-bond acceptors (Lipinski definition) is 4. The van der Waals surface area contributed by atoms with E-state index in [-0.39, 0.29) is 22.7 Å². The van der Waals surface area contributed by atoms with Gasteiger partial charge in [-0.2, -0.15) is 5.10 Å². The van der Waals surface area contributed by atoms with Crippen LogP contribution in [0.3, 0.4) is 0 Å². The molecule has 1 aliphatic rings. The van der Waals surface area contributed by atoms with Crippen LogP contribution in [0.25, 0.3) is 0 Å². The van der Waals surface area contributed by atoms with E-state index in [1.54, 1.807) is 0 Å². The second-order valence-electron chi connectivity index (χ2n) is 7.02. The molecule has 1 aliphatic heterocycles. The van der Waals surface area contributed by atoms with Crippen molar-refractivity contribution >= 4 is 5.91 Å². The predicted octanol–water partition coefficient (Wildman–Crippen LogP) is 2.45. The van der Waals surface area contributed by atoms with Crippen molar-refractivity contribution in [3.8, 4) is 0 Å². The highest BCUT2D eigenvalue weighted by atomic mass is 16.5. The molecule has 0 radical (unpaired) electrons. The Balaban J connectivity index is 1.72. The Labute approximate surface area is 142 Å². The van der Waals surface area contributed by atoms with Crippen LogP contribution in [0.2, 0.25) is 0 Å².